The molecule has 4 heteroatoms. The van der Waals surface area contributed by atoms with E-state index in [1.54, 1.807) is 0 Å². The van der Waals surface area contributed by atoms with Gasteiger partial charge in [-0.25, -0.2) is 0 Å². The van der Waals surface area contributed by atoms with Crippen molar-refractivity contribution in [2.45, 2.75) is 53.2 Å². The van der Waals surface area contributed by atoms with E-state index in [2.05, 4.69) is 11.4 Å². The van der Waals surface area contributed by atoms with Crippen LogP contribution in [0.3, 0.4) is 0 Å². The predicted molar refractivity (Wildman–Crippen MR) is 80.1 cm³/mol. The van der Waals surface area contributed by atoms with Crippen molar-refractivity contribution in [1.29, 1.82) is 0 Å². The monoisotopic (exact) mass is 279 g/mol. The average Bonchev–Trinajstić information content (AvgIpc) is 2.36. The van der Waals surface area contributed by atoms with Gasteiger partial charge in [-0.3, -0.25) is 4.79 Å². The number of hydrogen-bond acceptors (Lipinski definition) is 3. The molecule has 20 heavy (non-hydrogen) atoms. The molecule has 0 aromatic heterocycles. The fourth-order valence-corrected chi connectivity index (χ4v) is 2.46. The van der Waals surface area contributed by atoms with Crippen LogP contribution in [-0.2, 0) is 4.79 Å². The number of hydrogen-bond donors (Lipinski definition) is 3. The largest absolute Gasteiger partial charge is 0.481 e. The molecule has 0 heterocycles. The number of carboxylic acid groups (broad SMARTS) is 1. The molecule has 0 bridgehead atoms. The minimum atomic E-state index is -0.835. The summed E-state index contributed by atoms with van der Waals surface area (Å²) >= 11 is 0. The minimum Gasteiger partial charge on any atom is -0.481 e. The highest BCUT2D eigenvalue weighted by Crippen LogP contribution is 2.29. The van der Waals surface area contributed by atoms with Crippen LogP contribution in [0.1, 0.15) is 47.3 Å². The molecule has 3 N–H and O–H groups in total. The van der Waals surface area contributed by atoms with Crippen LogP contribution in [0.25, 0.3) is 0 Å². The number of carboxylic acids is 1. The zero-order chi connectivity index (χ0) is 15.4. The van der Waals surface area contributed by atoms with Crippen molar-refractivity contribution in [2.75, 3.05) is 6.54 Å². The van der Waals surface area contributed by atoms with Gasteiger partial charge in [0.2, 0.25) is 0 Å². The van der Waals surface area contributed by atoms with Gasteiger partial charge in [0.05, 0.1) is 12.5 Å². The Morgan fingerprint density at radius 2 is 1.70 bits per heavy atom. The molecule has 1 rings (SSSR count). The van der Waals surface area contributed by atoms with E-state index in [1.165, 1.54) is 11.1 Å². The molecule has 0 radical (unpaired) electrons. The predicted octanol–water partition coefficient (Wildman–Crippen LogP) is 2.41. The molecule has 0 spiro atoms. The second kappa shape index (κ2) is 6.86. The first-order valence-corrected chi connectivity index (χ1v) is 6.96. The summed E-state index contributed by atoms with van der Waals surface area (Å²) in [6, 6.07) is 1.94. The molecule has 0 amide bonds. The lowest BCUT2D eigenvalue weighted by atomic mass is 9.88. The lowest BCUT2D eigenvalue weighted by molar-refractivity contribution is -0.136. The summed E-state index contributed by atoms with van der Waals surface area (Å²) in [5.74, 6) is -0.835. The van der Waals surface area contributed by atoms with Gasteiger partial charge >= 0.3 is 5.97 Å². The van der Waals surface area contributed by atoms with E-state index in [9.17, 15) is 9.90 Å². The number of rotatable bonds is 6. The summed E-state index contributed by atoms with van der Waals surface area (Å²) in [4.78, 5) is 10.5. The summed E-state index contributed by atoms with van der Waals surface area (Å²) in [6.45, 7) is 10.4. The number of benzene rings is 1. The second-order valence-electron chi connectivity index (χ2n) is 5.51. The maximum absolute atomic E-state index is 10.6. The Hall–Kier alpha value is -1.39. The standard InChI is InChI=1S/C16H25NO3/c1-9-8-10(2)12(4)15(11(9)3)16(20)13(5)17-7-6-14(18)19/h8,13,16-17,20H,6-7H2,1-5H3,(H,18,19). The molecule has 112 valence electrons. The SMILES string of the molecule is Cc1cc(C)c(C)c(C(O)C(C)NCCC(=O)O)c1C. The van der Waals surface area contributed by atoms with E-state index in [0.717, 1.165) is 16.7 Å². The third-order valence-corrected chi connectivity index (χ3v) is 4.00. The van der Waals surface area contributed by atoms with E-state index < -0.39 is 12.1 Å². The molecule has 2 unspecified atom stereocenters. The third-order valence-electron chi connectivity index (χ3n) is 4.00. The van der Waals surface area contributed by atoms with E-state index >= 15 is 0 Å². The lowest BCUT2D eigenvalue weighted by Gasteiger charge is -2.25. The van der Waals surface area contributed by atoms with Crippen molar-refractivity contribution in [2.24, 2.45) is 0 Å². The van der Waals surface area contributed by atoms with Gasteiger partial charge in [-0.15, -0.1) is 0 Å². The van der Waals surface area contributed by atoms with Gasteiger partial charge in [0.15, 0.2) is 0 Å². The van der Waals surface area contributed by atoms with Gasteiger partial charge in [-0.2, -0.15) is 0 Å². The van der Waals surface area contributed by atoms with E-state index in [0.29, 0.717) is 6.54 Å². The smallest absolute Gasteiger partial charge is 0.304 e. The van der Waals surface area contributed by atoms with Crippen LogP contribution < -0.4 is 5.32 Å². The Morgan fingerprint density at radius 3 is 2.15 bits per heavy atom. The second-order valence-corrected chi connectivity index (χ2v) is 5.51. The highest BCUT2D eigenvalue weighted by atomic mass is 16.4. The zero-order valence-corrected chi connectivity index (χ0v) is 12.9. The van der Waals surface area contributed by atoms with Crippen molar-refractivity contribution >= 4 is 5.97 Å². The Labute approximate surface area is 120 Å². The fourth-order valence-electron chi connectivity index (χ4n) is 2.46. The molecule has 1 aromatic carbocycles. The molecule has 0 aliphatic carbocycles. The number of nitrogens with one attached hydrogen (secondary N) is 1. The summed E-state index contributed by atoms with van der Waals surface area (Å²) in [7, 11) is 0. The fraction of sp³-hybridized carbons (Fsp3) is 0.562. The van der Waals surface area contributed by atoms with Crippen molar-refractivity contribution < 1.29 is 15.0 Å². The first-order valence-electron chi connectivity index (χ1n) is 6.96. The lowest BCUT2D eigenvalue weighted by Crippen LogP contribution is -2.34. The van der Waals surface area contributed by atoms with Gasteiger partial charge in [-0.1, -0.05) is 6.07 Å². The molecule has 1 aromatic rings. The summed E-state index contributed by atoms with van der Waals surface area (Å²) in [5.41, 5.74) is 5.50. The first-order chi connectivity index (χ1) is 9.25. The Balaban J connectivity index is 2.91. The Kier molecular flexibility index (Phi) is 5.72. The maximum atomic E-state index is 10.6. The Morgan fingerprint density at radius 1 is 1.20 bits per heavy atom. The van der Waals surface area contributed by atoms with Crippen LogP contribution in [0.2, 0.25) is 0 Å². The van der Waals surface area contributed by atoms with E-state index in [4.69, 9.17) is 5.11 Å². The van der Waals surface area contributed by atoms with Crippen molar-refractivity contribution in [3.8, 4) is 0 Å². The molecule has 0 saturated carbocycles. The molecule has 0 fully saturated rings. The van der Waals surface area contributed by atoms with Crippen LogP contribution in [0, 0.1) is 27.7 Å². The van der Waals surface area contributed by atoms with Gasteiger partial charge in [0, 0.05) is 12.6 Å². The van der Waals surface area contributed by atoms with Gasteiger partial charge < -0.3 is 15.5 Å². The van der Waals surface area contributed by atoms with Gasteiger partial charge in [0.1, 0.15) is 0 Å². The molecule has 0 aliphatic heterocycles. The summed E-state index contributed by atoms with van der Waals surface area (Å²) < 4.78 is 0. The maximum Gasteiger partial charge on any atom is 0.304 e. The van der Waals surface area contributed by atoms with Gasteiger partial charge in [-0.05, 0) is 62.4 Å². The van der Waals surface area contributed by atoms with Crippen LogP contribution in [0.5, 0.6) is 0 Å². The topological polar surface area (TPSA) is 69.6 Å². The molecule has 0 saturated heterocycles. The summed E-state index contributed by atoms with van der Waals surface area (Å²) in [5, 5.41) is 22.3. The zero-order valence-electron chi connectivity index (χ0n) is 12.9. The number of aliphatic hydroxyl groups is 1. The van der Waals surface area contributed by atoms with Gasteiger partial charge in [0.25, 0.3) is 0 Å². The number of aliphatic hydroxyl groups excluding tert-OH is 1. The van der Waals surface area contributed by atoms with Crippen LogP contribution in [0.15, 0.2) is 6.07 Å². The first kappa shape index (κ1) is 16.7. The number of carbonyl (C=O) groups is 1. The Bertz CT molecular complexity index is 471. The molecular weight excluding hydrogens is 254 g/mol. The molecular formula is C16H25NO3. The summed E-state index contributed by atoms with van der Waals surface area (Å²) in [6.07, 6.45) is -0.579. The van der Waals surface area contributed by atoms with Crippen LogP contribution in [0.4, 0.5) is 0 Å². The third kappa shape index (κ3) is 3.81. The number of aryl methyl sites for hydroxylation is 2. The average molecular weight is 279 g/mol. The van der Waals surface area contributed by atoms with E-state index in [-0.39, 0.29) is 12.5 Å². The van der Waals surface area contributed by atoms with Crippen molar-refractivity contribution in [1.82, 2.24) is 5.32 Å². The highest BCUT2D eigenvalue weighted by molar-refractivity contribution is 5.66. The van der Waals surface area contributed by atoms with Crippen LogP contribution >= 0.6 is 0 Å². The van der Waals surface area contributed by atoms with E-state index in [1.807, 2.05) is 34.6 Å². The molecule has 4 nitrogen and oxygen atoms in total. The van der Waals surface area contributed by atoms with Crippen molar-refractivity contribution in [3.05, 3.63) is 33.9 Å². The molecule has 0 aliphatic rings. The molecule has 2 atom stereocenters. The normalized spacial score (nSPS) is 14.1. The minimum absolute atomic E-state index is 0.0574. The highest BCUT2D eigenvalue weighted by Gasteiger charge is 2.21. The number of aliphatic carboxylic acids is 1. The van der Waals surface area contributed by atoms with Crippen LogP contribution in [-0.4, -0.2) is 28.8 Å². The quantitative estimate of drug-likeness (QED) is 0.748. The van der Waals surface area contributed by atoms with Crippen molar-refractivity contribution in [3.63, 3.8) is 0 Å².